The van der Waals surface area contributed by atoms with Crippen molar-refractivity contribution in [3.8, 4) is 0 Å². The first-order valence-corrected chi connectivity index (χ1v) is 5.06. The van der Waals surface area contributed by atoms with Crippen LogP contribution in [0.5, 0.6) is 0 Å². The molecule has 0 fully saturated rings. The number of aryl methyl sites for hydroxylation is 2. The van der Waals surface area contributed by atoms with Gasteiger partial charge in [0.25, 0.3) is 0 Å². The lowest BCUT2D eigenvalue weighted by atomic mass is 9.97. The summed E-state index contributed by atoms with van der Waals surface area (Å²) in [5.41, 5.74) is 3.62. The molecule has 0 spiro atoms. The average molecular weight is 192 g/mol. The van der Waals surface area contributed by atoms with E-state index in [2.05, 4.69) is 43.2 Å². The van der Waals surface area contributed by atoms with Crippen LogP contribution in [0.3, 0.4) is 0 Å². The number of rotatable bonds is 2. The Morgan fingerprint density at radius 2 is 1.64 bits per heavy atom. The molecule has 2 heteroatoms. The molecule has 0 saturated carbocycles. The number of hydrogen-bond acceptors (Lipinski definition) is 2. The first-order chi connectivity index (χ1) is 6.37. The van der Waals surface area contributed by atoms with Gasteiger partial charge in [-0.1, -0.05) is 20.8 Å². The van der Waals surface area contributed by atoms with Gasteiger partial charge in [0.2, 0.25) is 0 Å². The van der Waals surface area contributed by atoms with E-state index in [0.717, 1.165) is 17.9 Å². The molecule has 1 aromatic heterocycles. The predicted molar refractivity (Wildman–Crippen MR) is 61.7 cm³/mol. The average Bonchev–Trinajstić information content (AvgIpc) is 1.97. The minimum Gasteiger partial charge on any atom is -0.384 e. The van der Waals surface area contributed by atoms with E-state index in [0.29, 0.717) is 5.41 Å². The molecule has 1 aromatic rings. The van der Waals surface area contributed by atoms with Gasteiger partial charge < -0.3 is 5.32 Å². The maximum atomic E-state index is 4.34. The van der Waals surface area contributed by atoms with E-state index in [1.807, 2.05) is 13.8 Å². The summed E-state index contributed by atoms with van der Waals surface area (Å²) in [4.78, 5) is 4.34. The monoisotopic (exact) mass is 192 g/mol. The summed E-state index contributed by atoms with van der Waals surface area (Å²) in [5.74, 6) is 0. The largest absolute Gasteiger partial charge is 0.384 e. The number of hydrogen-bond donors (Lipinski definition) is 1. The van der Waals surface area contributed by atoms with Gasteiger partial charge in [0.05, 0.1) is 0 Å². The van der Waals surface area contributed by atoms with E-state index in [1.54, 1.807) is 0 Å². The molecule has 0 amide bonds. The normalized spacial score (nSPS) is 11.5. The molecule has 2 nitrogen and oxygen atoms in total. The highest BCUT2D eigenvalue weighted by Gasteiger charge is 2.09. The van der Waals surface area contributed by atoms with Crippen LogP contribution < -0.4 is 5.32 Å². The Hall–Kier alpha value is -1.05. The summed E-state index contributed by atoms with van der Waals surface area (Å²) >= 11 is 0. The fraction of sp³-hybridized carbons (Fsp3) is 0.583. The minimum absolute atomic E-state index is 0.311. The maximum Gasteiger partial charge on any atom is 0.0396 e. The highest BCUT2D eigenvalue weighted by Crippen LogP contribution is 2.16. The first-order valence-electron chi connectivity index (χ1n) is 5.06. The molecule has 0 radical (unpaired) electrons. The molecule has 1 heterocycles. The van der Waals surface area contributed by atoms with Crippen molar-refractivity contribution in [2.75, 3.05) is 11.9 Å². The third-order valence-corrected chi connectivity index (χ3v) is 1.90. The SMILES string of the molecule is Cc1cc(NCC(C)(C)C)cc(C)n1. The molecule has 0 aromatic carbocycles. The molecule has 0 aliphatic carbocycles. The first kappa shape index (κ1) is 11.0. The zero-order valence-corrected chi connectivity index (χ0v) is 9.81. The molecule has 14 heavy (non-hydrogen) atoms. The Morgan fingerprint density at radius 1 is 1.14 bits per heavy atom. The zero-order valence-electron chi connectivity index (χ0n) is 9.81. The van der Waals surface area contributed by atoms with E-state index < -0.39 is 0 Å². The van der Waals surface area contributed by atoms with Crippen LogP contribution in [-0.4, -0.2) is 11.5 Å². The van der Waals surface area contributed by atoms with Crippen LogP contribution in [0.4, 0.5) is 5.69 Å². The maximum absolute atomic E-state index is 4.34. The van der Waals surface area contributed by atoms with E-state index in [-0.39, 0.29) is 0 Å². The minimum atomic E-state index is 0.311. The van der Waals surface area contributed by atoms with Gasteiger partial charge in [0.15, 0.2) is 0 Å². The number of anilines is 1. The van der Waals surface area contributed by atoms with Crippen molar-refractivity contribution in [3.63, 3.8) is 0 Å². The standard InChI is InChI=1S/C12H20N2/c1-9-6-11(7-10(2)14-9)13-8-12(3,4)5/h6-7H,8H2,1-5H3,(H,13,14). The third kappa shape index (κ3) is 3.77. The smallest absolute Gasteiger partial charge is 0.0396 e. The van der Waals surface area contributed by atoms with E-state index in [9.17, 15) is 0 Å². The van der Waals surface area contributed by atoms with Gasteiger partial charge in [-0.25, -0.2) is 0 Å². The Morgan fingerprint density at radius 3 is 2.07 bits per heavy atom. The van der Waals surface area contributed by atoms with Gasteiger partial charge in [-0.2, -0.15) is 0 Å². The van der Waals surface area contributed by atoms with Gasteiger partial charge in [0, 0.05) is 23.6 Å². The molecule has 1 N–H and O–H groups in total. The molecule has 1 rings (SSSR count). The molecular formula is C12H20N2. The molecule has 0 aliphatic heterocycles. The summed E-state index contributed by atoms with van der Waals surface area (Å²) in [6.45, 7) is 11.7. The van der Waals surface area contributed by atoms with E-state index in [4.69, 9.17) is 0 Å². The topological polar surface area (TPSA) is 24.9 Å². The number of aromatic nitrogens is 1. The van der Waals surface area contributed by atoms with Crippen molar-refractivity contribution in [3.05, 3.63) is 23.5 Å². The lowest BCUT2D eigenvalue weighted by Crippen LogP contribution is -2.19. The molecule has 0 bridgehead atoms. The second kappa shape index (κ2) is 3.99. The van der Waals surface area contributed by atoms with Crippen LogP contribution in [0, 0.1) is 19.3 Å². The number of nitrogens with zero attached hydrogens (tertiary/aromatic N) is 1. The van der Waals surface area contributed by atoms with Crippen molar-refractivity contribution in [1.29, 1.82) is 0 Å². The van der Waals surface area contributed by atoms with Crippen molar-refractivity contribution in [2.45, 2.75) is 34.6 Å². The quantitative estimate of drug-likeness (QED) is 0.778. The lowest BCUT2D eigenvalue weighted by molar-refractivity contribution is 0.443. The van der Waals surface area contributed by atoms with Crippen molar-refractivity contribution < 1.29 is 0 Å². The van der Waals surface area contributed by atoms with Crippen LogP contribution in [-0.2, 0) is 0 Å². The molecule has 0 atom stereocenters. The zero-order chi connectivity index (χ0) is 10.8. The number of pyridine rings is 1. The van der Waals surface area contributed by atoms with Gasteiger partial charge >= 0.3 is 0 Å². The third-order valence-electron chi connectivity index (χ3n) is 1.90. The second-order valence-electron chi connectivity index (χ2n) is 5.05. The Balaban J connectivity index is 2.68. The highest BCUT2D eigenvalue weighted by atomic mass is 14.9. The second-order valence-corrected chi connectivity index (χ2v) is 5.05. The van der Waals surface area contributed by atoms with Gasteiger partial charge in [-0.05, 0) is 31.4 Å². The number of nitrogens with one attached hydrogen (secondary N) is 1. The Kier molecular flexibility index (Phi) is 3.14. The molecule has 0 unspecified atom stereocenters. The Bertz CT molecular complexity index is 290. The van der Waals surface area contributed by atoms with Crippen LogP contribution in [0.15, 0.2) is 12.1 Å². The Labute approximate surface area is 86.8 Å². The molecule has 78 valence electrons. The summed E-state index contributed by atoms with van der Waals surface area (Å²) in [6.07, 6.45) is 0. The fourth-order valence-electron chi connectivity index (χ4n) is 1.30. The van der Waals surface area contributed by atoms with Gasteiger partial charge in [0.1, 0.15) is 0 Å². The van der Waals surface area contributed by atoms with Gasteiger partial charge in [-0.15, -0.1) is 0 Å². The highest BCUT2D eigenvalue weighted by molar-refractivity contribution is 5.45. The van der Waals surface area contributed by atoms with E-state index >= 15 is 0 Å². The van der Waals surface area contributed by atoms with Crippen molar-refractivity contribution in [1.82, 2.24) is 4.98 Å². The fourth-order valence-corrected chi connectivity index (χ4v) is 1.30. The predicted octanol–water partition coefficient (Wildman–Crippen LogP) is 3.16. The van der Waals surface area contributed by atoms with Crippen molar-refractivity contribution >= 4 is 5.69 Å². The van der Waals surface area contributed by atoms with E-state index in [1.165, 1.54) is 5.69 Å². The van der Waals surface area contributed by atoms with Crippen LogP contribution in [0.2, 0.25) is 0 Å². The van der Waals surface area contributed by atoms with Gasteiger partial charge in [-0.3, -0.25) is 4.98 Å². The van der Waals surface area contributed by atoms with Crippen molar-refractivity contribution in [2.24, 2.45) is 5.41 Å². The van der Waals surface area contributed by atoms with Crippen LogP contribution >= 0.6 is 0 Å². The molecule has 0 aliphatic rings. The molecule has 0 saturated heterocycles. The van der Waals surface area contributed by atoms with Crippen LogP contribution in [0.25, 0.3) is 0 Å². The molecular weight excluding hydrogens is 172 g/mol. The summed E-state index contributed by atoms with van der Waals surface area (Å²) in [7, 11) is 0. The van der Waals surface area contributed by atoms with Crippen LogP contribution in [0.1, 0.15) is 32.2 Å². The summed E-state index contributed by atoms with van der Waals surface area (Å²) in [5, 5.41) is 3.43. The lowest BCUT2D eigenvalue weighted by Gasteiger charge is -2.19. The summed E-state index contributed by atoms with van der Waals surface area (Å²) in [6, 6.07) is 4.16. The summed E-state index contributed by atoms with van der Waals surface area (Å²) < 4.78 is 0.